The minimum atomic E-state index is -0.118. The third kappa shape index (κ3) is 9.11. The minimum absolute atomic E-state index is 0.0963. The van der Waals surface area contributed by atoms with Crippen molar-refractivity contribution in [2.75, 3.05) is 6.54 Å². The van der Waals surface area contributed by atoms with Gasteiger partial charge in [-0.25, -0.2) is 0 Å². The third-order valence-corrected chi connectivity index (χ3v) is 4.03. The van der Waals surface area contributed by atoms with Crippen LogP contribution >= 0.6 is 0 Å². The van der Waals surface area contributed by atoms with Crippen molar-refractivity contribution in [3.63, 3.8) is 0 Å². The number of phenols is 2. The summed E-state index contributed by atoms with van der Waals surface area (Å²) in [5.74, 6) is -0.140. The first-order valence-corrected chi connectivity index (χ1v) is 8.91. The Labute approximate surface area is 139 Å². The van der Waals surface area contributed by atoms with Gasteiger partial charge in [0.2, 0.25) is 5.91 Å². The van der Waals surface area contributed by atoms with Gasteiger partial charge in [0.15, 0.2) is 11.5 Å². The number of benzene rings is 1. The van der Waals surface area contributed by atoms with Crippen LogP contribution in [0, 0.1) is 0 Å². The average molecular weight is 321 g/mol. The van der Waals surface area contributed by atoms with Crippen molar-refractivity contribution in [1.29, 1.82) is 0 Å². The molecule has 0 saturated carbocycles. The molecule has 130 valence electrons. The maximum atomic E-state index is 11.7. The number of aromatic hydroxyl groups is 2. The summed E-state index contributed by atoms with van der Waals surface area (Å²) in [6, 6.07) is 4.74. The quantitative estimate of drug-likeness (QED) is 0.397. The van der Waals surface area contributed by atoms with Crippen molar-refractivity contribution in [2.24, 2.45) is 0 Å². The van der Waals surface area contributed by atoms with Gasteiger partial charge in [0.25, 0.3) is 0 Å². The molecule has 1 rings (SSSR count). The number of carbonyl (C=O) groups excluding carboxylic acids is 1. The van der Waals surface area contributed by atoms with Gasteiger partial charge in [0, 0.05) is 13.0 Å². The largest absolute Gasteiger partial charge is 0.504 e. The zero-order valence-electron chi connectivity index (χ0n) is 14.3. The fourth-order valence-electron chi connectivity index (χ4n) is 2.58. The number of carbonyl (C=O) groups is 1. The zero-order chi connectivity index (χ0) is 16.9. The Morgan fingerprint density at radius 1 is 0.957 bits per heavy atom. The van der Waals surface area contributed by atoms with Crippen LogP contribution < -0.4 is 5.32 Å². The van der Waals surface area contributed by atoms with Crippen molar-refractivity contribution in [3.05, 3.63) is 23.8 Å². The van der Waals surface area contributed by atoms with Gasteiger partial charge in [-0.15, -0.1) is 0 Å². The van der Waals surface area contributed by atoms with E-state index in [4.69, 9.17) is 0 Å². The Bertz CT molecular complexity index is 460. The highest BCUT2D eigenvalue weighted by Crippen LogP contribution is 2.24. The van der Waals surface area contributed by atoms with Crippen molar-refractivity contribution in [2.45, 2.75) is 71.1 Å². The maximum Gasteiger partial charge on any atom is 0.220 e. The highest BCUT2D eigenvalue weighted by molar-refractivity contribution is 5.75. The lowest BCUT2D eigenvalue weighted by Gasteiger charge is -2.06. The summed E-state index contributed by atoms with van der Waals surface area (Å²) < 4.78 is 0. The molecule has 0 fully saturated rings. The molecule has 3 N–H and O–H groups in total. The molecular weight excluding hydrogens is 290 g/mol. The molecule has 0 saturated heterocycles. The van der Waals surface area contributed by atoms with E-state index < -0.39 is 0 Å². The Morgan fingerprint density at radius 2 is 1.61 bits per heavy atom. The molecule has 0 spiro atoms. The summed E-state index contributed by atoms with van der Waals surface area (Å²) in [6.07, 6.45) is 11.1. The predicted octanol–water partition coefficient (Wildman–Crippen LogP) is 4.29. The van der Waals surface area contributed by atoms with Gasteiger partial charge in [-0.3, -0.25) is 4.79 Å². The number of unbranched alkanes of at least 4 members (excludes halogenated alkanes) is 7. The smallest absolute Gasteiger partial charge is 0.220 e. The van der Waals surface area contributed by atoms with Crippen molar-refractivity contribution in [3.8, 4) is 11.5 Å². The van der Waals surface area contributed by atoms with E-state index in [1.165, 1.54) is 50.7 Å². The Balaban J connectivity index is 2.01. The first kappa shape index (κ1) is 19.3. The van der Waals surface area contributed by atoms with Crippen LogP contribution in [0.4, 0.5) is 0 Å². The molecule has 0 aromatic heterocycles. The molecule has 0 unspecified atom stereocenters. The molecular formula is C19H31NO3. The van der Waals surface area contributed by atoms with Gasteiger partial charge < -0.3 is 15.5 Å². The predicted molar refractivity (Wildman–Crippen MR) is 93.7 cm³/mol. The number of rotatable bonds is 12. The molecule has 4 heteroatoms. The van der Waals surface area contributed by atoms with Crippen LogP contribution in [-0.2, 0) is 11.2 Å². The minimum Gasteiger partial charge on any atom is -0.504 e. The van der Waals surface area contributed by atoms with Crippen LogP contribution in [-0.4, -0.2) is 22.7 Å². The highest BCUT2D eigenvalue weighted by Gasteiger charge is 2.03. The monoisotopic (exact) mass is 321 g/mol. The van der Waals surface area contributed by atoms with Gasteiger partial charge in [0.1, 0.15) is 0 Å². The summed E-state index contributed by atoms with van der Waals surface area (Å²) in [5, 5.41) is 21.5. The topological polar surface area (TPSA) is 69.6 Å². The van der Waals surface area contributed by atoms with Crippen LogP contribution in [0.15, 0.2) is 18.2 Å². The molecule has 0 atom stereocenters. The van der Waals surface area contributed by atoms with Gasteiger partial charge in [-0.1, -0.05) is 57.9 Å². The molecule has 1 aromatic rings. The van der Waals surface area contributed by atoms with Crippen LogP contribution in [0.5, 0.6) is 11.5 Å². The summed E-state index contributed by atoms with van der Waals surface area (Å²) >= 11 is 0. The second-order valence-corrected chi connectivity index (χ2v) is 6.15. The van der Waals surface area contributed by atoms with E-state index in [0.29, 0.717) is 19.4 Å². The summed E-state index contributed by atoms with van der Waals surface area (Å²) in [5.41, 5.74) is 0.896. The number of nitrogens with one attached hydrogen (secondary N) is 1. The van der Waals surface area contributed by atoms with Crippen LogP contribution in [0.1, 0.15) is 70.3 Å². The molecule has 0 aliphatic heterocycles. The molecule has 0 aliphatic rings. The van der Waals surface area contributed by atoms with E-state index in [1.54, 1.807) is 6.07 Å². The molecule has 4 nitrogen and oxygen atoms in total. The normalized spacial score (nSPS) is 10.7. The lowest BCUT2D eigenvalue weighted by Crippen LogP contribution is -2.25. The van der Waals surface area contributed by atoms with E-state index in [9.17, 15) is 15.0 Å². The van der Waals surface area contributed by atoms with Crippen molar-refractivity contribution in [1.82, 2.24) is 5.32 Å². The lowest BCUT2D eigenvalue weighted by atomic mass is 10.1. The Morgan fingerprint density at radius 3 is 2.26 bits per heavy atom. The van der Waals surface area contributed by atoms with E-state index in [1.807, 2.05) is 0 Å². The third-order valence-electron chi connectivity index (χ3n) is 4.03. The molecule has 23 heavy (non-hydrogen) atoms. The molecule has 0 radical (unpaired) electrons. The van der Waals surface area contributed by atoms with Gasteiger partial charge >= 0.3 is 0 Å². The SMILES string of the molecule is CCCCCCCCCCC(=O)NCCc1ccc(O)c(O)c1. The first-order valence-electron chi connectivity index (χ1n) is 8.91. The molecule has 1 amide bonds. The zero-order valence-corrected chi connectivity index (χ0v) is 14.3. The van der Waals surface area contributed by atoms with E-state index in [0.717, 1.165) is 18.4 Å². The second-order valence-electron chi connectivity index (χ2n) is 6.15. The number of phenolic OH excluding ortho intramolecular Hbond substituents is 2. The Hall–Kier alpha value is -1.71. The van der Waals surface area contributed by atoms with E-state index in [-0.39, 0.29) is 17.4 Å². The fourth-order valence-corrected chi connectivity index (χ4v) is 2.58. The molecule has 1 aromatic carbocycles. The number of hydrogen-bond donors (Lipinski definition) is 3. The van der Waals surface area contributed by atoms with Gasteiger partial charge in [-0.2, -0.15) is 0 Å². The molecule has 0 aliphatic carbocycles. The number of hydrogen-bond acceptors (Lipinski definition) is 3. The second kappa shape index (κ2) is 11.8. The fraction of sp³-hybridized carbons (Fsp3) is 0.632. The van der Waals surface area contributed by atoms with Crippen molar-refractivity contribution >= 4 is 5.91 Å². The van der Waals surface area contributed by atoms with Crippen molar-refractivity contribution < 1.29 is 15.0 Å². The van der Waals surface area contributed by atoms with Crippen LogP contribution in [0.2, 0.25) is 0 Å². The number of amides is 1. The highest BCUT2D eigenvalue weighted by atomic mass is 16.3. The standard InChI is InChI=1S/C19H31NO3/c1-2-3-4-5-6-7-8-9-10-19(23)20-14-13-16-11-12-17(21)18(22)15-16/h11-12,15,21-22H,2-10,13-14H2,1H3,(H,20,23). The average Bonchev–Trinajstić information content (AvgIpc) is 2.53. The first-order chi connectivity index (χ1) is 11.1. The van der Waals surface area contributed by atoms with Gasteiger partial charge in [-0.05, 0) is 30.5 Å². The van der Waals surface area contributed by atoms with Crippen LogP contribution in [0.3, 0.4) is 0 Å². The van der Waals surface area contributed by atoms with Gasteiger partial charge in [0.05, 0.1) is 0 Å². The lowest BCUT2D eigenvalue weighted by molar-refractivity contribution is -0.121. The summed E-state index contributed by atoms with van der Waals surface area (Å²) in [7, 11) is 0. The Kier molecular flexibility index (Phi) is 9.92. The summed E-state index contributed by atoms with van der Waals surface area (Å²) in [4.78, 5) is 11.7. The molecule has 0 heterocycles. The maximum absolute atomic E-state index is 11.7. The van der Waals surface area contributed by atoms with E-state index in [2.05, 4.69) is 12.2 Å². The molecule has 0 bridgehead atoms. The summed E-state index contributed by atoms with van der Waals surface area (Å²) in [6.45, 7) is 2.78. The van der Waals surface area contributed by atoms with E-state index >= 15 is 0 Å². The van der Waals surface area contributed by atoms with Crippen LogP contribution in [0.25, 0.3) is 0 Å².